The lowest BCUT2D eigenvalue weighted by Crippen LogP contribution is -2.44. The predicted molar refractivity (Wildman–Crippen MR) is 77.3 cm³/mol. The van der Waals surface area contributed by atoms with Gasteiger partial charge in [-0.05, 0) is 32.9 Å². The van der Waals surface area contributed by atoms with Crippen molar-refractivity contribution >= 4 is 23.8 Å². The van der Waals surface area contributed by atoms with Gasteiger partial charge >= 0.3 is 12.1 Å². The molecule has 0 aliphatic rings. The van der Waals surface area contributed by atoms with Crippen molar-refractivity contribution in [2.75, 3.05) is 18.6 Å². The van der Waals surface area contributed by atoms with E-state index in [0.29, 0.717) is 6.42 Å². The van der Waals surface area contributed by atoms with Gasteiger partial charge in [0.2, 0.25) is 0 Å². The fourth-order valence-electron chi connectivity index (χ4n) is 1.21. The molecular formula is C13H23NO4S. The van der Waals surface area contributed by atoms with Crippen LogP contribution in [0, 0.1) is 0 Å². The molecule has 1 atom stereocenters. The molecule has 0 heterocycles. The lowest BCUT2D eigenvalue weighted by molar-refractivity contribution is -0.143. The van der Waals surface area contributed by atoms with Crippen LogP contribution < -0.4 is 5.32 Å². The van der Waals surface area contributed by atoms with Crippen LogP contribution >= 0.6 is 11.8 Å². The topological polar surface area (TPSA) is 64.6 Å². The Morgan fingerprint density at radius 2 is 2.05 bits per heavy atom. The molecule has 0 saturated carbocycles. The molecular weight excluding hydrogens is 266 g/mol. The summed E-state index contributed by atoms with van der Waals surface area (Å²) >= 11 is 1.63. The Balaban J connectivity index is 4.30. The Morgan fingerprint density at radius 3 is 2.53 bits per heavy atom. The molecule has 0 saturated heterocycles. The van der Waals surface area contributed by atoms with Gasteiger partial charge in [-0.2, -0.15) is 11.8 Å². The largest absolute Gasteiger partial charge is 0.467 e. The standard InChI is InChI=1S/C13H23NO4S/c1-6-8-19-9-7-10(11(15)17-5)14-12(16)18-13(2,3)4/h6,10H,1,7-9H2,2-5H3,(H,14,16)/t10-/m0/s1. The molecule has 5 nitrogen and oxygen atoms in total. The van der Waals surface area contributed by atoms with E-state index in [9.17, 15) is 9.59 Å². The molecule has 0 radical (unpaired) electrons. The molecule has 110 valence electrons. The normalized spacial score (nSPS) is 12.4. The third-order valence-electron chi connectivity index (χ3n) is 1.96. The van der Waals surface area contributed by atoms with Crippen molar-refractivity contribution in [2.24, 2.45) is 0 Å². The van der Waals surface area contributed by atoms with Gasteiger partial charge in [0, 0.05) is 5.75 Å². The number of hydrogen-bond acceptors (Lipinski definition) is 5. The van der Waals surface area contributed by atoms with E-state index in [2.05, 4.69) is 16.6 Å². The molecule has 0 aromatic rings. The zero-order valence-electron chi connectivity index (χ0n) is 12.0. The molecule has 19 heavy (non-hydrogen) atoms. The van der Waals surface area contributed by atoms with E-state index in [1.54, 1.807) is 38.6 Å². The van der Waals surface area contributed by atoms with Gasteiger partial charge in [-0.15, -0.1) is 6.58 Å². The first-order chi connectivity index (χ1) is 8.80. The second-order valence-corrected chi connectivity index (χ2v) is 6.02. The molecule has 0 unspecified atom stereocenters. The predicted octanol–water partition coefficient (Wildman–Crippen LogP) is 2.36. The minimum atomic E-state index is -0.683. The van der Waals surface area contributed by atoms with E-state index in [1.165, 1.54) is 7.11 Å². The van der Waals surface area contributed by atoms with Gasteiger partial charge in [0.1, 0.15) is 11.6 Å². The Labute approximate surface area is 119 Å². The van der Waals surface area contributed by atoms with Gasteiger partial charge in [-0.1, -0.05) is 6.08 Å². The summed E-state index contributed by atoms with van der Waals surface area (Å²) in [6.45, 7) is 8.91. The maximum Gasteiger partial charge on any atom is 0.408 e. The molecule has 0 fully saturated rings. The highest BCUT2D eigenvalue weighted by atomic mass is 32.2. The quantitative estimate of drug-likeness (QED) is 0.443. The van der Waals surface area contributed by atoms with Crippen molar-refractivity contribution in [3.8, 4) is 0 Å². The Bertz CT molecular complexity index is 312. The Morgan fingerprint density at radius 1 is 1.42 bits per heavy atom. The van der Waals surface area contributed by atoms with E-state index in [1.807, 2.05) is 0 Å². The molecule has 0 aromatic carbocycles. The average molecular weight is 289 g/mol. The number of hydrogen-bond donors (Lipinski definition) is 1. The van der Waals surface area contributed by atoms with Crippen LogP contribution in [0.3, 0.4) is 0 Å². The van der Waals surface area contributed by atoms with Crippen molar-refractivity contribution in [3.63, 3.8) is 0 Å². The first kappa shape index (κ1) is 17.8. The smallest absolute Gasteiger partial charge is 0.408 e. The van der Waals surface area contributed by atoms with Crippen LogP contribution in [0.5, 0.6) is 0 Å². The van der Waals surface area contributed by atoms with Crippen molar-refractivity contribution in [1.29, 1.82) is 0 Å². The molecule has 1 amide bonds. The average Bonchev–Trinajstić information content (AvgIpc) is 2.29. The maximum atomic E-state index is 11.6. The lowest BCUT2D eigenvalue weighted by atomic mass is 10.2. The molecule has 0 bridgehead atoms. The summed E-state index contributed by atoms with van der Waals surface area (Å²) in [5.41, 5.74) is -0.595. The number of methoxy groups -OCH3 is 1. The summed E-state index contributed by atoms with van der Waals surface area (Å²) in [7, 11) is 1.29. The number of nitrogens with one attached hydrogen (secondary N) is 1. The zero-order valence-corrected chi connectivity index (χ0v) is 12.8. The number of carbonyl (C=O) groups excluding carboxylic acids is 2. The fourth-order valence-corrected chi connectivity index (χ4v) is 1.94. The van der Waals surface area contributed by atoms with Gasteiger partial charge < -0.3 is 14.8 Å². The van der Waals surface area contributed by atoms with E-state index in [4.69, 9.17) is 4.74 Å². The van der Waals surface area contributed by atoms with Crippen LogP contribution in [0.25, 0.3) is 0 Å². The third kappa shape index (κ3) is 9.41. The highest BCUT2D eigenvalue weighted by molar-refractivity contribution is 7.99. The number of ether oxygens (including phenoxy) is 2. The zero-order chi connectivity index (χ0) is 14.9. The molecule has 1 N–H and O–H groups in total. The number of thioether (sulfide) groups is 1. The first-order valence-corrected chi connectivity index (χ1v) is 7.21. The van der Waals surface area contributed by atoms with Gasteiger partial charge in [0.15, 0.2) is 0 Å². The summed E-state index contributed by atoms with van der Waals surface area (Å²) in [5, 5.41) is 2.53. The lowest BCUT2D eigenvalue weighted by Gasteiger charge is -2.22. The third-order valence-corrected chi connectivity index (χ3v) is 2.96. The number of esters is 1. The molecule has 0 aromatic heterocycles. The van der Waals surface area contributed by atoms with Crippen LogP contribution in [-0.2, 0) is 14.3 Å². The van der Waals surface area contributed by atoms with Gasteiger partial charge in [-0.25, -0.2) is 9.59 Å². The van der Waals surface area contributed by atoms with E-state index >= 15 is 0 Å². The summed E-state index contributed by atoms with van der Waals surface area (Å²) in [4.78, 5) is 23.2. The van der Waals surface area contributed by atoms with E-state index < -0.39 is 23.7 Å². The van der Waals surface area contributed by atoms with E-state index in [0.717, 1.165) is 11.5 Å². The minimum Gasteiger partial charge on any atom is -0.467 e. The van der Waals surface area contributed by atoms with Gasteiger partial charge in [-0.3, -0.25) is 0 Å². The molecule has 0 spiro atoms. The minimum absolute atomic E-state index is 0.468. The van der Waals surface area contributed by atoms with Crippen molar-refractivity contribution < 1.29 is 19.1 Å². The monoisotopic (exact) mass is 289 g/mol. The summed E-state index contributed by atoms with van der Waals surface area (Å²) in [6, 6.07) is -0.683. The van der Waals surface area contributed by atoms with Crippen LogP contribution in [0.1, 0.15) is 27.2 Å². The highest BCUT2D eigenvalue weighted by Crippen LogP contribution is 2.09. The first-order valence-electron chi connectivity index (χ1n) is 6.06. The van der Waals surface area contributed by atoms with Crippen molar-refractivity contribution in [3.05, 3.63) is 12.7 Å². The second kappa shape index (κ2) is 8.85. The SMILES string of the molecule is C=CCSCC[C@H](NC(=O)OC(C)(C)C)C(=O)OC. The highest BCUT2D eigenvalue weighted by Gasteiger charge is 2.24. The molecule has 0 aliphatic carbocycles. The number of rotatable bonds is 7. The second-order valence-electron chi connectivity index (χ2n) is 4.87. The van der Waals surface area contributed by atoms with Crippen molar-refractivity contribution in [2.45, 2.75) is 38.8 Å². The van der Waals surface area contributed by atoms with Crippen LogP contribution in [0.4, 0.5) is 4.79 Å². The number of carbonyl (C=O) groups is 2. The molecule has 0 aliphatic heterocycles. The summed E-state index contributed by atoms with van der Waals surface area (Å²) < 4.78 is 9.77. The van der Waals surface area contributed by atoms with Gasteiger partial charge in [0.05, 0.1) is 7.11 Å². The molecule has 0 rings (SSSR count). The van der Waals surface area contributed by atoms with Crippen LogP contribution in [0.2, 0.25) is 0 Å². The maximum absolute atomic E-state index is 11.6. The summed E-state index contributed by atoms with van der Waals surface area (Å²) in [5.74, 6) is 1.06. The van der Waals surface area contributed by atoms with Crippen LogP contribution in [0.15, 0.2) is 12.7 Å². The van der Waals surface area contributed by atoms with Gasteiger partial charge in [0.25, 0.3) is 0 Å². The number of amides is 1. The Hall–Kier alpha value is -1.17. The fraction of sp³-hybridized carbons (Fsp3) is 0.692. The van der Waals surface area contributed by atoms with E-state index in [-0.39, 0.29) is 0 Å². The Kier molecular flexibility index (Phi) is 8.30. The number of alkyl carbamates (subject to hydrolysis) is 1. The van der Waals surface area contributed by atoms with Crippen LogP contribution in [-0.4, -0.2) is 42.3 Å². The molecule has 6 heteroatoms. The summed E-state index contributed by atoms with van der Waals surface area (Å²) in [6.07, 6.45) is 1.67. The van der Waals surface area contributed by atoms with Crippen molar-refractivity contribution in [1.82, 2.24) is 5.32 Å².